The molecular weight excluding hydrogens is 472 g/mol. The second-order valence-electron chi connectivity index (χ2n) is 10.3. The molecule has 0 saturated carbocycles. The SMILES string of the molecule is Cc1ccc(CCNC(=O)[C@@]2(CCC(=O)OC(C)(C)C)COC(c3ccc(OCCCO)cc3)=N2)cc1. The highest BCUT2D eigenvalue weighted by molar-refractivity contribution is 6.00. The van der Waals surface area contributed by atoms with Crippen molar-refractivity contribution in [2.45, 2.75) is 64.5 Å². The number of hydrogen-bond donors (Lipinski definition) is 2. The number of aliphatic hydroxyl groups excluding tert-OH is 1. The van der Waals surface area contributed by atoms with Crippen molar-refractivity contribution in [3.63, 3.8) is 0 Å². The van der Waals surface area contributed by atoms with Crippen LogP contribution in [0.25, 0.3) is 0 Å². The zero-order chi connectivity index (χ0) is 26.9. The standard InChI is InChI=1S/C29H38N2O6/c1-21-6-8-22(9-7-21)15-17-30-27(34)29(16-14-25(33)37-28(2,3)4)20-36-26(31-29)23-10-12-24(13-11-23)35-19-5-18-32/h6-13,32H,5,14-20H2,1-4H3,(H,30,34)/t29-/m1/s1. The third-order valence-corrected chi connectivity index (χ3v) is 5.84. The topological polar surface area (TPSA) is 106 Å². The van der Waals surface area contributed by atoms with Gasteiger partial charge >= 0.3 is 5.97 Å². The van der Waals surface area contributed by atoms with E-state index in [1.165, 1.54) is 5.56 Å². The van der Waals surface area contributed by atoms with Crippen LogP contribution in [0.2, 0.25) is 0 Å². The second kappa shape index (κ2) is 12.7. The monoisotopic (exact) mass is 510 g/mol. The molecule has 1 aliphatic rings. The lowest BCUT2D eigenvalue weighted by molar-refractivity contribution is -0.155. The van der Waals surface area contributed by atoms with Crippen LogP contribution in [0.4, 0.5) is 0 Å². The van der Waals surface area contributed by atoms with E-state index in [0.717, 1.165) is 5.56 Å². The molecule has 37 heavy (non-hydrogen) atoms. The number of benzene rings is 2. The summed E-state index contributed by atoms with van der Waals surface area (Å²) in [5.74, 6) is 0.357. The van der Waals surface area contributed by atoms with Gasteiger partial charge in [-0.3, -0.25) is 9.59 Å². The fraction of sp³-hybridized carbons (Fsp3) is 0.483. The molecule has 1 amide bonds. The third-order valence-electron chi connectivity index (χ3n) is 5.84. The Morgan fingerprint density at radius 1 is 1.11 bits per heavy atom. The number of aliphatic imine (C=N–C) groups is 1. The van der Waals surface area contributed by atoms with Gasteiger partial charge in [-0.15, -0.1) is 0 Å². The maximum atomic E-state index is 13.4. The number of ether oxygens (including phenoxy) is 3. The normalized spacial score (nSPS) is 17.1. The van der Waals surface area contributed by atoms with Crippen molar-refractivity contribution in [3.8, 4) is 5.75 Å². The molecule has 3 rings (SSSR count). The molecule has 8 nitrogen and oxygen atoms in total. The number of amides is 1. The minimum atomic E-state index is -1.23. The van der Waals surface area contributed by atoms with E-state index in [2.05, 4.69) is 5.32 Å². The number of aliphatic hydroxyl groups is 1. The molecule has 0 unspecified atom stereocenters. The zero-order valence-electron chi connectivity index (χ0n) is 22.2. The van der Waals surface area contributed by atoms with Crippen LogP contribution in [0.1, 0.15) is 56.7 Å². The van der Waals surface area contributed by atoms with Crippen LogP contribution in [0.5, 0.6) is 5.75 Å². The minimum absolute atomic E-state index is 0.0379. The van der Waals surface area contributed by atoms with Gasteiger partial charge in [0.2, 0.25) is 5.90 Å². The number of carbonyl (C=O) groups excluding carboxylic acids is 2. The Labute approximate surface area is 219 Å². The first-order valence-corrected chi connectivity index (χ1v) is 12.7. The van der Waals surface area contributed by atoms with Crippen LogP contribution in [-0.2, 0) is 25.5 Å². The molecule has 0 fully saturated rings. The lowest BCUT2D eigenvalue weighted by Gasteiger charge is -2.24. The molecule has 1 aliphatic heterocycles. The first-order chi connectivity index (χ1) is 17.6. The van der Waals surface area contributed by atoms with Gasteiger partial charge in [-0.05, 0) is 70.4 Å². The second-order valence-corrected chi connectivity index (χ2v) is 10.3. The number of nitrogens with one attached hydrogen (secondary N) is 1. The van der Waals surface area contributed by atoms with Crippen LogP contribution >= 0.6 is 0 Å². The van der Waals surface area contributed by atoms with Crippen molar-refractivity contribution in [2.24, 2.45) is 4.99 Å². The van der Waals surface area contributed by atoms with E-state index < -0.39 is 11.1 Å². The van der Waals surface area contributed by atoms with E-state index in [1.54, 1.807) is 12.1 Å². The van der Waals surface area contributed by atoms with Gasteiger partial charge < -0.3 is 24.6 Å². The number of carbonyl (C=O) groups is 2. The highest BCUT2D eigenvalue weighted by Gasteiger charge is 2.44. The summed E-state index contributed by atoms with van der Waals surface area (Å²) in [5.41, 5.74) is 1.18. The van der Waals surface area contributed by atoms with E-state index >= 15 is 0 Å². The molecule has 1 atom stereocenters. The Morgan fingerprint density at radius 3 is 2.46 bits per heavy atom. The van der Waals surface area contributed by atoms with Crippen molar-refractivity contribution in [3.05, 3.63) is 65.2 Å². The Bertz CT molecular complexity index is 1070. The number of nitrogens with zero attached hydrogens (tertiary/aromatic N) is 1. The molecular formula is C29H38N2O6. The summed E-state index contributed by atoms with van der Waals surface area (Å²) in [6.07, 6.45) is 1.45. The van der Waals surface area contributed by atoms with Crippen molar-refractivity contribution in [1.82, 2.24) is 5.32 Å². The van der Waals surface area contributed by atoms with Crippen molar-refractivity contribution in [2.75, 3.05) is 26.4 Å². The molecule has 0 aliphatic carbocycles. The van der Waals surface area contributed by atoms with E-state index in [-0.39, 0.29) is 37.9 Å². The third kappa shape index (κ3) is 8.60. The maximum Gasteiger partial charge on any atom is 0.306 e. The lowest BCUT2D eigenvalue weighted by atomic mass is 9.94. The predicted octanol–water partition coefficient (Wildman–Crippen LogP) is 3.75. The van der Waals surface area contributed by atoms with E-state index in [9.17, 15) is 9.59 Å². The van der Waals surface area contributed by atoms with E-state index in [0.29, 0.717) is 43.2 Å². The summed E-state index contributed by atoms with van der Waals surface area (Å²) in [6.45, 7) is 8.44. The van der Waals surface area contributed by atoms with Gasteiger partial charge in [-0.1, -0.05) is 29.8 Å². The summed E-state index contributed by atoms with van der Waals surface area (Å²) >= 11 is 0. The smallest absolute Gasteiger partial charge is 0.306 e. The highest BCUT2D eigenvalue weighted by Crippen LogP contribution is 2.29. The summed E-state index contributed by atoms with van der Waals surface area (Å²) < 4.78 is 16.9. The fourth-order valence-electron chi connectivity index (χ4n) is 3.84. The van der Waals surface area contributed by atoms with Gasteiger partial charge in [-0.2, -0.15) is 0 Å². The Kier molecular flexibility index (Phi) is 9.69. The van der Waals surface area contributed by atoms with Gasteiger partial charge in [0, 0.05) is 31.6 Å². The number of esters is 1. The molecule has 2 aromatic rings. The molecule has 0 radical (unpaired) electrons. The molecule has 0 spiro atoms. The first-order valence-electron chi connectivity index (χ1n) is 12.7. The molecule has 0 bridgehead atoms. The summed E-state index contributed by atoms with van der Waals surface area (Å²) in [5, 5.41) is 11.9. The lowest BCUT2D eigenvalue weighted by Crippen LogP contribution is -2.47. The number of aryl methyl sites for hydroxylation is 1. The van der Waals surface area contributed by atoms with Crippen LogP contribution in [0.15, 0.2) is 53.5 Å². The average molecular weight is 511 g/mol. The van der Waals surface area contributed by atoms with E-state index in [1.807, 2.05) is 64.1 Å². The molecule has 1 heterocycles. The zero-order valence-corrected chi connectivity index (χ0v) is 22.2. The highest BCUT2D eigenvalue weighted by atomic mass is 16.6. The minimum Gasteiger partial charge on any atom is -0.494 e. The Balaban J connectivity index is 1.72. The Morgan fingerprint density at radius 2 is 1.81 bits per heavy atom. The quantitative estimate of drug-likeness (QED) is 0.333. The molecule has 2 N–H and O–H groups in total. The van der Waals surface area contributed by atoms with Crippen LogP contribution in [-0.4, -0.2) is 60.4 Å². The summed E-state index contributed by atoms with van der Waals surface area (Å²) in [7, 11) is 0. The van der Waals surface area contributed by atoms with Gasteiger partial charge in [0.15, 0.2) is 5.54 Å². The van der Waals surface area contributed by atoms with Crippen LogP contribution in [0, 0.1) is 6.92 Å². The largest absolute Gasteiger partial charge is 0.494 e. The summed E-state index contributed by atoms with van der Waals surface area (Å²) in [6, 6.07) is 15.4. The predicted molar refractivity (Wildman–Crippen MR) is 142 cm³/mol. The summed E-state index contributed by atoms with van der Waals surface area (Å²) in [4.78, 5) is 30.5. The van der Waals surface area contributed by atoms with Gasteiger partial charge in [0.25, 0.3) is 5.91 Å². The molecule has 8 heteroatoms. The number of hydrogen-bond acceptors (Lipinski definition) is 7. The van der Waals surface area contributed by atoms with Gasteiger partial charge in [0.05, 0.1) is 6.61 Å². The Hall–Kier alpha value is -3.39. The number of rotatable bonds is 12. The molecule has 200 valence electrons. The van der Waals surface area contributed by atoms with Gasteiger partial charge in [-0.25, -0.2) is 4.99 Å². The maximum absolute atomic E-state index is 13.4. The van der Waals surface area contributed by atoms with Crippen LogP contribution in [0.3, 0.4) is 0 Å². The molecule has 2 aromatic carbocycles. The molecule has 0 saturated heterocycles. The first kappa shape index (κ1) is 28.2. The van der Waals surface area contributed by atoms with Crippen molar-refractivity contribution < 1.29 is 28.9 Å². The average Bonchev–Trinajstić information content (AvgIpc) is 3.29. The van der Waals surface area contributed by atoms with Crippen molar-refractivity contribution >= 4 is 17.8 Å². The van der Waals surface area contributed by atoms with E-state index in [4.69, 9.17) is 24.3 Å². The van der Waals surface area contributed by atoms with Gasteiger partial charge in [0.1, 0.15) is 18.0 Å². The fourth-order valence-corrected chi connectivity index (χ4v) is 3.84. The van der Waals surface area contributed by atoms with Crippen molar-refractivity contribution in [1.29, 1.82) is 0 Å². The van der Waals surface area contributed by atoms with Crippen LogP contribution < -0.4 is 10.1 Å². The molecule has 0 aromatic heterocycles.